The highest BCUT2D eigenvalue weighted by atomic mass is 16.3. The maximum absolute atomic E-state index is 10.3. The molecule has 0 saturated heterocycles. The lowest BCUT2D eigenvalue weighted by Gasteiger charge is -2.21. The van der Waals surface area contributed by atoms with Crippen molar-refractivity contribution in [1.29, 1.82) is 0 Å². The summed E-state index contributed by atoms with van der Waals surface area (Å²) < 4.78 is 6.23. The number of hydrogen-bond donors (Lipinski definition) is 4. The van der Waals surface area contributed by atoms with Gasteiger partial charge in [0, 0.05) is 41.6 Å². The van der Waals surface area contributed by atoms with E-state index in [1.165, 1.54) is 0 Å². The Morgan fingerprint density at radius 2 is 1.83 bits per heavy atom. The van der Waals surface area contributed by atoms with Crippen LogP contribution >= 0.6 is 0 Å². The molecule has 35 heavy (non-hydrogen) atoms. The van der Waals surface area contributed by atoms with Crippen molar-refractivity contribution in [2.24, 2.45) is 11.3 Å². The Labute approximate surface area is 207 Å². The quantitative estimate of drug-likeness (QED) is 0.393. The van der Waals surface area contributed by atoms with Gasteiger partial charge < -0.3 is 25.3 Å². The van der Waals surface area contributed by atoms with Gasteiger partial charge >= 0.3 is 0 Å². The van der Waals surface area contributed by atoms with Crippen LogP contribution in [-0.2, 0) is 5.41 Å². The summed E-state index contributed by atoms with van der Waals surface area (Å²) in [7, 11) is 0. The molecule has 8 heteroatoms. The molecule has 0 radical (unpaired) electrons. The second kappa shape index (κ2) is 9.39. The SMILES string of the molecule is Cc1nc(NCC(C)(C)C)nc(N[C@@H]2C[C@H](CO)[C@@H](O)C2)c1-c1cc2cc(C(C)(C)C)ncc2o1. The van der Waals surface area contributed by atoms with Crippen molar-refractivity contribution < 1.29 is 14.6 Å². The fourth-order valence-corrected chi connectivity index (χ4v) is 4.48. The second-order valence-corrected chi connectivity index (χ2v) is 12.1. The summed E-state index contributed by atoms with van der Waals surface area (Å²) in [6.07, 6.45) is 2.47. The second-order valence-electron chi connectivity index (χ2n) is 12.1. The first-order chi connectivity index (χ1) is 16.3. The Morgan fingerprint density at radius 1 is 1.09 bits per heavy atom. The van der Waals surface area contributed by atoms with E-state index < -0.39 is 6.10 Å². The molecule has 3 atom stereocenters. The molecule has 4 N–H and O–H groups in total. The minimum atomic E-state index is -0.532. The lowest BCUT2D eigenvalue weighted by Crippen LogP contribution is -2.22. The third-order valence-corrected chi connectivity index (χ3v) is 6.52. The van der Waals surface area contributed by atoms with Crippen LogP contribution in [0.3, 0.4) is 0 Å². The van der Waals surface area contributed by atoms with Crippen LogP contribution in [0.2, 0.25) is 0 Å². The monoisotopic (exact) mass is 481 g/mol. The largest absolute Gasteiger partial charge is 0.454 e. The van der Waals surface area contributed by atoms with E-state index in [1.807, 2.05) is 13.0 Å². The summed E-state index contributed by atoms with van der Waals surface area (Å²) in [5, 5.41) is 27.8. The lowest BCUT2D eigenvalue weighted by molar-refractivity contribution is 0.0908. The molecule has 4 rings (SSSR count). The standard InChI is InChI=1S/C27H39N5O3/c1-15-23(20-9-16-10-22(27(5,6)7)28-12-21(16)35-20)24(31-18-8-17(13-33)19(34)11-18)32-25(30-15)29-14-26(2,3)4/h9-10,12,17-19,33-34H,8,11,13-14H2,1-7H3,(H2,29,30,31,32)/t17-,18-,19+/m1/s1. The van der Waals surface area contributed by atoms with Gasteiger partial charge in [-0.15, -0.1) is 0 Å². The van der Waals surface area contributed by atoms with Crippen molar-refractivity contribution in [3.05, 3.63) is 29.7 Å². The van der Waals surface area contributed by atoms with Crippen molar-refractivity contribution in [2.45, 2.75) is 78.9 Å². The fourth-order valence-electron chi connectivity index (χ4n) is 4.48. The number of aliphatic hydroxyl groups is 2. The number of furan rings is 1. The molecule has 3 aromatic heterocycles. The van der Waals surface area contributed by atoms with E-state index in [0.29, 0.717) is 36.0 Å². The minimum Gasteiger partial charge on any atom is -0.454 e. The van der Waals surface area contributed by atoms with Gasteiger partial charge in [0.25, 0.3) is 0 Å². The van der Waals surface area contributed by atoms with Crippen LogP contribution in [0.1, 0.15) is 65.8 Å². The van der Waals surface area contributed by atoms with E-state index in [4.69, 9.17) is 14.4 Å². The zero-order valence-corrected chi connectivity index (χ0v) is 21.9. The maximum atomic E-state index is 10.3. The molecule has 0 aromatic carbocycles. The Bertz CT molecular complexity index is 1190. The van der Waals surface area contributed by atoms with Crippen molar-refractivity contribution in [3.8, 4) is 11.3 Å². The molecule has 1 saturated carbocycles. The molecule has 190 valence electrons. The predicted octanol–water partition coefficient (Wildman–Crippen LogP) is 4.89. The number of hydrogen-bond acceptors (Lipinski definition) is 8. The highest BCUT2D eigenvalue weighted by Gasteiger charge is 2.33. The van der Waals surface area contributed by atoms with Gasteiger partial charge in [0.2, 0.25) is 5.95 Å². The number of aromatic nitrogens is 3. The van der Waals surface area contributed by atoms with Gasteiger partial charge in [-0.25, -0.2) is 4.98 Å². The van der Waals surface area contributed by atoms with Gasteiger partial charge in [-0.3, -0.25) is 4.98 Å². The molecule has 0 unspecified atom stereocenters. The molecule has 3 aromatic rings. The summed E-state index contributed by atoms with van der Waals surface area (Å²) in [6, 6.07) is 4.08. The molecule has 3 heterocycles. The number of aliphatic hydroxyl groups excluding tert-OH is 2. The maximum Gasteiger partial charge on any atom is 0.224 e. The Hall–Kier alpha value is -2.71. The lowest BCUT2D eigenvalue weighted by atomic mass is 9.91. The van der Waals surface area contributed by atoms with Crippen LogP contribution in [-0.4, -0.2) is 50.5 Å². The first-order valence-corrected chi connectivity index (χ1v) is 12.4. The number of pyridine rings is 1. The van der Waals surface area contributed by atoms with E-state index in [1.54, 1.807) is 6.20 Å². The summed E-state index contributed by atoms with van der Waals surface area (Å²) in [4.78, 5) is 14.2. The Morgan fingerprint density at radius 3 is 2.46 bits per heavy atom. The first-order valence-electron chi connectivity index (χ1n) is 12.4. The number of anilines is 2. The summed E-state index contributed by atoms with van der Waals surface area (Å²) in [5.41, 5.74) is 3.31. The minimum absolute atomic E-state index is 0.01000. The normalized spacial score (nSPS) is 21.0. The molecule has 0 amide bonds. The number of nitrogens with zero attached hydrogens (tertiary/aromatic N) is 3. The number of nitrogens with one attached hydrogen (secondary N) is 2. The number of aryl methyl sites for hydroxylation is 1. The van der Waals surface area contributed by atoms with Crippen molar-refractivity contribution in [2.75, 3.05) is 23.8 Å². The molecule has 8 nitrogen and oxygen atoms in total. The van der Waals surface area contributed by atoms with Crippen molar-refractivity contribution in [3.63, 3.8) is 0 Å². The first kappa shape index (κ1) is 25.4. The van der Waals surface area contributed by atoms with Crippen molar-refractivity contribution >= 4 is 22.7 Å². The summed E-state index contributed by atoms with van der Waals surface area (Å²) in [5.74, 6) is 1.75. The van der Waals surface area contributed by atoms with Crippen LogP contribution in [0.25, 0.3) is 22.3 Å². The summed E-state index contributed by atoms with van der Waals surface area (Å²) >= 11 is 0. The van der Waals surface area contributed by atoms with Crippen LogP contribution in [0.15, 0.2) is 22.7 Å². The third-order valence-electron chi connectivity index (χ3n) is 6.52. The third kappa shape index (κ3) is 5.76. The van der Waals surface area contributed by atoms with Crippen LogP contribution in [0.5, 0.6) is 0 Å². The molecule has 1 fully saturated rings. The van der Waals surface area contributed by atoms with Crippen LogP contribution < -0.4 is 10.6 Å². The Balaban J connectivity index is 1.74. The molecular weight excluding hydrogens is 442 g/mol. The summed E-state index contributed by atoms with van der Waals surface area (Å²) in [6.45, 7) is 15.5. The highest BCUT2D eigenvalue weighted by Crippen LogP contribution is 2.37. The van der Waals surface area contributed by atoms with E-state index in [2.05, 4.69) is 63.2 Å². The van der Waals surface area contributed by atoms with Gasteiger partial charge in [0.15, 0.2) is 5.58 Å². The van der Waals surface area contributed by atoms with Gasteiger partial charge in [-0.05, 0) is 37.3 Å². The zero-order valence-electron chi connectivity index (χ0n) is 21.9. The van der Waals surface area contributed by atoms with Gasteiger partial charge in [-0.2, -0.15) is 4.98 Å². The zero-order chi connectivity index (χ0) is 25.5. The molecule has 1 aliphatic carbocycles. The average molecular weight is 482 g/mol. The molecule has 1 aliphatic rings. The van der Waals surface area contributed by atoms with Crippen LogP contribution in [0.4, 0.5) is 11.8 Å². The fraction of sp³-hybridized carbons (Fsp3) is 0.593. The predicted molar refractivity (Wildman–Crippen MR) is 140 cm³/mol. The van der Waals surface area contributed by atoms with E-state index in [0.717, 1.165) is 28.9 Å². The highest BCUT2D eigenvalue weighted by molar-refractivity contribution is 5.86. The number of rotatable bonds is 6. The van der Waals surface area contributed by atoms with E-state index in [-0.39, 0.29) is 29.4 Å². The smallest absolute Gasteiger partial charge is 0.224 e. The van der Waals surface area contributed by atoms with Gasteiger partial charge in [0.05, 0.1) is 23.6 Å². The molecule has 0 bridgehead atoms. The molecule has 0 spiro atoms. The number of fused-ring (bicyclic) bond motifs is 1. The average Bonchev–Trinajstić information content (AvgIpc) is 3.32. The Kier molecular flexibility index (Phi) is 6.81. The van der Waals surface area contributed by atoms with Gasteiger partial charge in [0.1, 0.15) is 11.6 Å². The van der Waals surface area contributed by atoms with E-state index in [9.17, 15) is 10.2 Å². The molecule has 0 aliphatic heterocycles. The molecular formula is C27H39N5O3. The van der Waals surface area contributed by atoms with Crippen LogP contribution in [0, 0.1) is 18.3 Å². The topological polar surface area (TPSA) is 116 Å². The van der Waals surface area contributed by atoms with Gasteiger partial charge in [-0.1, -0.05) is 41.5 Å². The van der Waals surface area contributed by atoms with Crippen molar-refractivity contribution in [1.82, 2.24) is 15.0 Å². The van der Waals surface area contributed by atoms with E-state index >= 15 is 0 Å².